The molecular formula is C19H23NO6S. The maximum atomic E-state index is 12.1. The minimum absolute atomic E-state index is 0.0460. The number of sulfone groups is 1. The Hall–Kier alpha value is -2.61. The number of amides is 1. The highest BCUT2D eigenvalue weighted by molar-refractivity contribution is 7.91. The van der Waals surface area contributed by atoms with Crippen LogP contribution >= 0.6 is 0 Å². The van der Waals surface area contributed by atoms with Gasteiger partial charge in [-0.1, -0.05) is 24.8 Å². The molecule has 0 N–H and O–H groups in total. The summed E-state index contributed by atoms with van der Waals surface area (Å²) >= 11 is 0. The summed E-state index contributed by atoms with van der Waals surface area (Å²) in [6, 6.07) is 6.73. The van der Waals surface area contributed by atoms with Gasteiger partial charge in [0.1, 0.15) is 12.4 Å². The van der Waals surface area contributed by atoms with Crippen LogP contribution in [0.4, 0.5) is 0 Å². The molecule has 146 valence electrons. The molecule has 1 aliphatic heterocycles. The Labute approximate surface area is 159 Å². The first kappa shape index (κ1) is 20.7. The summed E-state index contributed by atoms with van der Waals surface area (Å²) in [6.07, 6.45) is 4.85. The number of nitrogens with zero attached hydrogens (tertiary/aromatic N) is 1. The fourth-order valence-corrected chi connectivity index (χ4v) is 4.34. The smallest absolute Gasteiger partial charge is 0.331 e. The molecule has 0 radical (unpaired) electrons. The van der Waals surface area contributed by atoms with Crippen molar-refractivity contribution in [2.75, 3.05) is 31.8 Å². The van der Waals surface area contributed by atoms with E-state index < -0.39 is 28.3 Å². The zero-order valence-electron chi connectivity index (χ0n) is 15.2. The number of rotatable bonds is 8. The Kier molecular flexibility index (Phi) is 7.18. The lowest BCUT2D eigenvalue weighted by atomic mass is 10.2. The fraction of sp³-hybridized carbons (Fsp3) is 0.368. The van der Waals surface area contributed by atoms with Gasteiger partial charge in [-0.25, -0.2) is 13.2 Å². The Balaban J connectivity index is 1.78. The third kappa shape index (κ3) is 6.56. The summed E-state index contributed by atoms with van der Waals surface area (Å²) < 4.78 is 33.3. The minimum atomic E-state index is -3.08. The fourth-order valence-electron chi connectivity index (χ4n) is 2.56. The lowest BCUT2D eigenvalue weighted by Gasteiger charge is -2.22. The van der Waals surface area contributed by atoms with E-state index in [0.717, 1.165) is 5.56 Å². The molecule has 1 atom stereocenters. The van der Waals surface area contributed by atoms with Gasteiger partial charge in [0, 0.05) is 19.2 Å². The number of hydrogen-bond donors (Lipinski definition) is 0. The molecule has 0 saturated carbocycles. The first-order valence-electron chi connectivity index (χ1n) is 8.45. The molecule has 0 aromatic heterocycles. The summed E-state index contributed by atoms with van der Waals surface area (Å²) in [5.41, 5.74) is 0.775. The van der Waals surface area contributed by atoms with Gasteiger partial charge in [-0.05, 0) is 30.2 Å². The predicted octanol–water partition coefficient (Wildman–Crippen LogP) is 1.45. The van der Waals surface area contributed by atoms with E-state index in [9.17, 15) is 18.0 Å². The quantitative estimate of drug-likeness (QED) is 0.377. The van der Waals surface area contributed by atoms with Gasteiger partial charge >= 0.3 is 5.97 Å². The van der Waals surface area contributed by atoms with Gasteiger partial charge in [-0.3, -0.25) is 4.79 Å². The second-order valence-electron chi connectivity index (χ2n) is 6.17. The van der Waals surface area contributed by atoms with Crippen molar-refractivity contribution >= 4 is 27.8 Å². The molecule has 1 unspecified atom stereocenters. The second kappa shape index (κ2) is 9.36. The molecule has 1 fully saturated rings. The van der Waals surface area contributed by atoms with E-state index in [1.807, 2.05) is 0 Å². The van der Waals surface area contributed by atoms with Crippen LogP contribution in [0.3, 0.4) is 0 Å². The number of hydrogen-bond acceptors (Lipinski definition) is 6. The van der Waals surface area contributed by atoms with Crippen LogP contribution in [0.2, 0.25) is 0 Å². The average molecular weight is 393 g/mol. The largest absolute Gasteiger partial charge is 0.490 e. The predicted molar refractivity (Wildman–Crippen MR) is 102 cm³/mol. The van der Waals surface area contributed by atoms with Gasteiger partial charge in [-0.2, -0.15) is 0 Å². The average Bonchev–Trinajstić information content (AvgIpc) is 3.02. The van der Waals surface area contributed by atoms with Crippen molar-refractivity contribution in [3.63, 3.8) is 0 Å². The van der Waals surface area contributed by atoms with E-state index in [2.05, 4.69) is 6.58 Å². The molecule has 1 amide bonds. The zero-order valence-corrected chi connectivity index (χ0v) is 16.0. The highest BCUT2D eigenvalue weighted by Gasteiger charge is 2.32. The molecule has 7 nitrogen and oxygen atoms in total. The van der Waals surface area contributed by atoms with Gasteiger partial charge < -0.3 is 14.4 Å². The van der Waals surface area contributed by atoms with Crippen LogP contribution in [0.15, 0.2) is 43.0 Å². The molecule has 0 aliphatic carbocycles. The van der Waals surface area contributed by atoms with E-state index in [-0.39, 0.29) is 17.5 Å². The van der Waals surface area contributed by atoms with Crippen molar-refractivity contribution in [1.82, 2.24) is 4.90 Å². The summed E-state index contributed by atoms with van der Waals surface area (Å²) in [7, 11) is -1.56. The van der Waals surface area contributed by atoms with Gasteiger partial charge in [-0.15, -0.1) is 0 Å². The molecule has 1 heterocycles. The van der Waals surface area contributed by atoms with Gasteiger partial charge in [0.2, 0.25) is 0 Å². The maximum absolute atomic E-state index is 12.1. The SMILES string of the molecule is C=CCOc1ccc(/C=C/C(=O)OCC(=O)N(C)C2CCS(=O)(=O)C2)cc1. The normalized spacial score (nSPS) is 18.2. The zero-order chi connectivity index (χ0) is 19.9. The van der Waals surface area contributed by atoms with Gasteiger partial charge in [0.25, 0.3) is 5.91 Å². The molecule has 2 rings (SSSR count). The van der Waals surface area contributed by atoms with E-state index in [4.69, 9.17) is 9.47 Å². The Bertz CT molecular complexity index is 813. The lowest BCUT2D eigenvalue weighted by molar-refractivity contribution is -0.148. The molecular weight excluding hydrogens is 370 g/mol. The van der Waals surface area contributed by atoms with Crippen molar-refractivity contribution in [1.29, 1.82) is 0 Å². The van der Waals surface area contributed by atoms with Crippen LogP contribution in [0.25, 0.3) is 6.08 Å². The molecule has 0 bridgehead atoms. The van der Waals surface area contributed by atoms with Crippen molar-refractivity contribution in [3.8, 4) is 5.75 Å². The van der Waals surface area contributed by atoms with Gasteiger partial charge in [0.05, 0.1) is 11.5 Å². The van der Waals surface area contributed by atoms with Crippen LogP contribution in [0, 0.1) is 0 Å². The summed E-state index contributed by atoms with van der Waals surface area (Å²) in [4.78, 5) is 25.2. The van der Waals surface area contributed by atoms with E-state index >= 15 is 0 Å². The molecule has 8 heteroatoms. The van der Waals surface area contributed by atoms with Gasteiger partial charge in [0.15, 0.2) is 16.4 Å². The van der Waals surface area contributed by atoms with Crippen molar-refractivity contribution in [2.24, 2.45) is 0 Å². The van der Waals surface area contributed by atoms with Crippen molar-refractivity contribution in [3.05, 3.63) is 48.6 Å². The number of esters is 1. The maximum Gasteiger partial charge on any atom is 0.331 e. The van der Waals surface area contributed by atoms with E-state index in [1.165, 1.54) is 18.0 Å². The van der Waals surface area contributed by atoms with Crippen molar-refractivity contribution in [2.45, 2.75) is 12.5 Å². The first-order valence-corrected chi connectivity index (χ1v) is 10.3. The van der Waals surface area contributed by atoms with Crippen LogP contribution in [-0.4, -0.2) is 63.0 Å². The van der Waals surface area contributed by atoms with Crippen LogP contribution in [-0.2, 0) is 24.2 Å². The number of carbonyl (C=O) groups excluding carboxylic acids is 2. The molecule has 1 aromatic carbocycles. The van der Waals surface area contributed by atoms with E-state index in [1.54, 1.807) is 36.4 Å². The molecule has 0 spiro atoms. The molecule has 1 aliphatic rings. The Morgan fingerprint density at radius 1 is 1.30 bits per heavy atom. The van der Waals surface area contributed by atoms with Crippen LogP contribution < -0.4 is 4.74 Å². The molecule has 27 heavy (non-hydrogen) atoms. The molecule has 1 saturated heterocycles. The first-order chi connectivity index (χ1) is 12.8. The number of benzene rings is 1. The minimum Gasteiger partial charge on any atom is -0.490 e. The highest BCUT2D eigenvalue weighted by atomic mass is 32.2. The monoisotopic (exact) mass is 393 g/mol. The summed E-state index contributed by atoms with van der Waals surface area (Å²) in [5, 5.41) is 0. The van der Waals surface area contributed by atoms with Crippen LogP contribution in [0.5, 0.6) is 5.75 Å². The number of ether oxygens (including phenoxy) is 2. The summed E-state index contributed by atoms with van der Waals surface area (Å²) in [6.45, 7) is 3.56. The second-order valence-corrected chi connectivity index (χ2v) is 8.40. The highest BCUT2D eigenvalue weighted by Crippen LogP contribution is 2.16. The van der Waals surface area contributed by atoms with Crippen molar-refractivity contribution < 1.29 is 27.5 Å². The standard InChI is InChI=1S/C19H23NO6S/c1-3-11-25-17-7-4-15(5-8-17)6-9-19(22)26-13-18(21)20(2)16-10-12-27(23,24)14-16/h3-9,16H,1,10-14H2,2H3/b9-6+. The van der Waals surface area contributed by atoms with Crippen LogP contribution in [0.1, 0.15) is 12.0 Å². The Morgan fingerprint density at radius 3 is 2.59 bits per heavy atom. The van der Waals surface area contributed by atoms with E-state index in [0.29, 0.717) is 18.8 Å². The third-order valence-corrected chi connectivity index (χ3v) is 5.90. The topological polar surface area (TPSA) is 90.0 Å². The Morgan fingerprint density at radius 2 is 2.00 bits per heavy atom. The lowest BCUT2D eigenvalue weighted by Crippen LogP contribution is -2.40. The number of carbonyl (C=O) groups is 2. The molecule has 1 aromatic rings. The summed E-state index contributed by atoms with van der Waals surface area (Å²) in [5.74, 6) is -0.354. The number of likely N-dealkylation sites (N-methyl/N-ethyl adjacent to an activating group) is 1. The third-order valence-electron chi connectivity index (χ3n) is 4.15.